The SMILES string of the molecule is CCC=CCC=CCC=CCCCCCCC(CCC=CCC=CCC=CCCCCCCCC(=O)O)C(=O)O. The molecule has 0 aliphatic rings. The van der Waals surface area contributed by atoms with Crippen molar-refractivity contribution in [2.75, 3.05) is 0 Å². The van der Waals surface area contributed by atoms with Crippen LogP contribution in [0.5, 0.6) is 0 Å². The molecule has 0 heterocycles. The lowest BCUT2D eigenvalue weighted by Gasteiger charge is -2.10. The Morgan fingerprint density at radius 1 is 0.500 bits per heavy atom. The van der Waals surface area contributed by atoms with Crippen LogP contribution in [0.25, 0.3) is 0 Å². The number of carboxylic acids is 2. The number of unbranched alkanes of at least 4 members (excludes halogenated alkanes) is 9. The third-order valence-corrected chi connectivity index (χ3v) is 6.79. The molecular weight excluding hydrogens is 496 g/mol. The van der Waals surface area contributed by atoms with Crippen molar-refractivity contribution >= 4 is 11.9 Å². The molecule has 0 spiro atoms. The Morgan fingerprint density at radius 2 is 0.925 bits per heavy atom. The zero-order chi connectivity index (χ0) is 29.4. The van der Waals surface area contributed by atoms with Crippen molar-refractivity contribution < 1.29 is 19.8 Å². The van der Waals surface area contributed by atoms with Gasteiger partial charge < -0.3 is 10.2 Å². The van der Waals surface area contributed by atoms with Crippen LogP contribution in [0, 0.1) is 5.92 Å². The molecule has 4 nitrogen and oxygen atoms in total. The molecule has 0 rings (SSSR count). The maximum absolute atomic E-state index is 11.6. The summed E-state index contributed by atoms with van der Waals surface area (Å²) in [6.45, 7) is 2.15. The first kappa shape index (κ1) is 37.4. The van der Waals surface area contributed by atoms with Gasteiger partial charge in [-0.3, -0.25) is 9.59 Å². The number of rotatable bonds is 28. The van der Waals surface area contributed by atoms with E-state index < -0.39 is 11.9 Å². The number of allylic oxidation sites excluding steroid dienone is 12. The normalized spacial score (nSPS) is 13.3. The fraction of sp³-hybridized carbons (Fsp3) is 0.611. The zero-order valence-corrected chi connectivity index (χ0v) is 25.4. The van der Waals surface area contributed by atoms with Gasteiger partial charge in [-0.1, -0.05) is 118 Å². The van der Waals surface area contributed by atoms with Gasteiger partial charge in [-0.05, 0) is 83.5 Å². The van der Waals surface area contributed by atoms with Crippen molar-refractivity contribution in [1.82, 2.24) is 0 Å². The molecule has 4 heteroatoms. The van der Waals surface area contributed by atoms with Crippen LogP contribution in [-0.4, -0.2) is 22.2 Å². The van der Waals surface area contributed by atoms with Gasteiger partial charge >= 0.3 is 11.9 Å². The van der Waals surface area contributed by atoms with E-state index in [4.69, 9.17) is 5.11 Å². The monoisotopic (exact) mass is 554 g/mol. The summed E-state index contributed by atoms with van der Waals surface area (Å²) < 4.78 is 0. The molecule has 0 saturated heterocycles. The van der Waals surface area contributed by atoms with Gasteiger partial charge in [0.15, 0.2) is 0 Å². The van der Waals surface area contributed by atoms with Gasteiger partial charge in [-0.15, -0.1) is 0 Å². The van der Waals surface area contributed by atoms with Gasteiger partial charge in [0.25, 0.3) is 0 Å². The highest BCUT2D eigenvalue weighted by Gasteiger charge is 2.15. The maximum atomic E-state index is 11.6. The Labute approximate surface area is 245 Å². The summed E-state index contributed by atoms with van der Waals surface area (Å²) in [7, 11) is 0. The molecule has 40 heavy (non-hydrogen) atoms. The third kappa shape index (κ3) is 29.9. The molecule has 0 radical (unpaired) electrons. The average Bonchev–Trinajstić information content (AvgIpc) is 2.93. The van der Waals surface area contributed by atoms with Gasteiger partial charge in [-0.25, -0.2) is 0 Å². The topological polar surface area (TPSA) is 74.6 Å². The second-order valence-corrected chi connectivity index (χ2v) is 10.5. The van der Waals surface area contributed by atoms with E-state index in [1.807, 2.05) is 0 Å². The standard InChI is InChI=1S/C36H58O4/c1-2-3-4-5-6-7-8-9-13-16-19-22-25-28-31-34(36(39)40)32-29-26-23-20-17-14-11-10-12-15-18-21-24-27-30-33-35(37)38/h3-4,6-7,9-10,12-14,17,23,26,34H,2,5,8,11,15-16,18-22,24-25,27-33H2,1H3,(H,37,38)(H,39,40). The molecule has 226 valence electrons. The molecule has 0 amide bonds. The van der Waals surface area contributed by atoms with E-state index in [2.05, 4.69) is 79.8 Å². The van der Waals surface area contributed by atoms with Crippen LogP contribution in [0.3, 0.4) is 0 Å². The van der Waals surface area contributed by atoms with Crippen LogP contribution in [-0.2, 0) is 9.59 Å². The van der Waals surface area contributed by atoms with Crippen LogP contribution < -0.4 is 0 Å². The van der Waals surface area contributed by atoms with E-state index >= 15 is 0 Å². The second kappa shape index (κ2) is 30.9. The highest BCUT2D eigenvalue weighted by Crippen LogP contribution is 2.17. The first-order chi connectivity index (χ1) is 19.6. The number of hydrogen-bond donors (Lipinski definition) is 2. The number of carbonyl (C=O) groups is 2. The van der Waals surface area contributed by atoms with E-state index in [1.54, 1.807) is 0 Å². The lowest BCUT2D eigenvalue weighted by Crippen LogP contribution is -2.13. The van der Waals surface area contributed by atoms with Crippen molar-refractivity contribution in [2.24, 2.45) is 5.92 Å². The van der Waals surface area contributed by atoms with Crippen LogP contribution in [0.4, 0.5) is 0 Å². The molecule has 0 aromatic heterocycles. The molecule has 1 unspecified atom stereocenters. The minimum Gasteiger partial charge on any atom is -0.481 e. The molecule has 2 N–H and O–H groups in total. The number of aliphatic carboxylic acids is 2. The first-order valence-corrected chi connectivity index (χ1v) is 15.9. The van der Waals surface area contributed by atoms with E-state index in [1.165, 1.54) is 25.7 Å². The zero-order valence-electron chi connectivity index (χ0n) is 25.4. The van der Waals surface area contributed by atoms with Crippen molar-refractivity contribution in [3.05, 3.63) is 72.9 Å². The summed E-state index contributed by atoms with van der Waals surface area (Å²) in [6, 6.07) is 0. The van der Waals surface area contributed by atoms with Crippen molar-refractivity contribution in [1.29, 1.82) is 0 Å². The lowest BCUT2D eigenvalue weighted by molar-refractivity contribution is -0.142. The van der Waals surface area contributed by atoms with Crippen LogP contribution in [0.2, 0.25) is 0 Å². The van der Waals surface area contributed by atoms with Gasteiger partial charge in [0.1, 0.15) is 0 Å². The molecule has 0 fully saturated rings. The minimum atomic E-state index is -0.694. The van der Waals surface area contributed by atoms with Gasteiger partial charge in [0.2, 0.25) is 0 Å². The van der Waals surface area contributed by atoms with E-state index in [-0.39, 0.29) is 5.92 Å². The summed E-state index contributed by atoms with van der Waals surface area (Å²) in [5.74, 6) is -1.58. The van der Waals surface area contributed by atoms with Crippen molar-refractivity contribution in [2.45, 2.75) is 135 Å². The van der Waals surface area contributed by atoms with E-state index in [0.29, 0.717) is 6.42 Å². The van der Waals surface area contributed by atoms with Gasteiger partial charge in [0, 0.05) is 6.42 Å². The summed E-state index contributed by atoms with van der Waals surface area (Å²) in [6.07, 6.45) is 45.9. The summed E-state index contributed by atoms with van der Waals surface area (Å²) in [5, 5.41) is 18.2. The summed E-state index contributed by atoms with van der Waals surface area (Å²) in [5.41, 5.74) is 0. The molecular formula is C36H58O4. The number of hydrogen-bond acceptors (Lipinski definition) is 2. The Bertz CT molecular complexity index is 770. The molecule has 0 saturated carbocycles. The lowest BCUT2D eigenvalue weighted by atomic mass is 9.95. The van der Waals surface area contributed by atoms with E-state index in [9.17, 15) is 14.7 Å². The summed E-state index contributed by atoms with van der Waals surface area (Å²) in [4.78, 5) is 22.1. The Kier molecular flexibility index (Phi) is 28.9. The summed E-state index contributed by atoms with van der Waals surface area (Å²) >= 11 is 0. The van der Waals surface area contributed by atoms with Crippen molar-refractivity contribution in [3.63, 3.8) is 0 Å². The second-order valence-electron chi connectivity index (χ2n) is 10.5. The molecule has 0 aromatic rings. The van der Waals surface area contributed by atoms with Gasteiger partial charge in [-0.2, -0.15) is 0 Å². The largest absolute Gasteiger partial charge is 0.481 e. The van der Waals surface area contributed by atoms with Crippen molar-refractivity contribution in [3.8, 4) is 0 Å². The minimum absolute atomic E-state index is 0.228. The quantitative estimate of drug-likeness (QED) is 0.0745. The van der Waals surface area contributed by atoms with Crippen LogP contribution in [0.15, 0.2) is 72.9 Å². The molecule has 1 atom stereocenters. The Hall–Kier alpha value is -2.62. The average molecular weight is 555 g/mol. The third-order valence-electron chi connectivity index (χ3n) is 6.79. The highest BCUT2D eigenvalue weighted by molar-refractivity contribution is 5.69. The molecule has 0 bridgehead atoms. The Balaban J connectivity index is 3.70. The predicted molar refractivity (Wildman–Crippen MR) is 172 cm³/mol. The number of carboxylic acid groups (broad SMARTS) is 2. The molecule has 0 aliphatic heterocycles. The maximum Gasteiger partial charge on any atom is 0.306 e. The fourth-order valence-electron chi connectivity index (χ4n) is 4.37. The fourth-order valence-corrected chi connectivity index (χ4v) is 4.37. The van der Waals surface area contributed by atoms with E-state index in [0.717, 1.165) is 96.3 Å². The van der Waals surface area contributed by atoms with Gasteiger partial charge in [0.05, 0.1) is 5.92 Å². The highest BCUT2D eigenvalue weighted by atomic mass is 16.4. The first-order valence-electron chi connectivity index (χ1n) is 15.9. The van der Waals surface area contributed by atoms with Crippen LogP contribution in [0.1, 0.15) is 135 Å². The van der Waals surface area contributed by atoms with Crippen LogP contribution >= 0.6 is 0 Å². The predicted octanol–water partition coefficient (Wildman–Crippen LogP) is 10.9. The Morgan fingerprint density at radius 3 is 1.43 bits per heavy atom. The molecule has 0 aromatic carbocycles. The smallest absolute Gasteiger partial charge is 0.306 e. The molecule has 0 aliphatic carbocycles.